The van der Waals surface area contributed by atoms with E-state index in [1.54, 1.807) is 6.07 Å². The van der Waals surface area contributed by atoms with Gasteiger partial charge in [-0.25, -0.2) is 0 Å². The number of hydrogen-bond donors (Lipinski definition) is 3. The summed E-state index contributed by atoms with van der Waals surface area (Å²) < 4.78 is 6.60. The molecule has 1 unspecified atom stereocenters. The lowest BCUT2D eigenvalue weighted by Gasteiger charge is -2.62. The van der Waals surface area contributed by atoms with Crippen molar-refractivity contribution < 1.29 is 32.8 Å². The minimum Gasteiger partial charge on any atom is -1.00 e. The first kappa shape index (κ1) is 21.3. The molecule has 2 fully saturated rings. The Morgan fingerprint density at radius 1 is 1.15 bits per heavy atom. The number of likely N-dealkylation sites (tertiary alicyclic amines) is 1. The van der Waals surface area contributed by atoms with Gasteiger partial charge in [-0.15, -0.1) is 0 Å². The van der Waals surface area contributed by atoms with Crippen LogP contribution in [-0.4, -0.2) is 50.3 Å². The summed E-state index contributed by atoms with van der Waals surface area (Å²) in [6.45, 7) is 2.07. The van der Waals surface area contributed by atoms with E-state index in [1.807, 2.05) is 6.07 Å². The minimum atomic E-state index is -0.908. The second kappa shape index (κ2) is 6.66. The van der Waals surface area contributed by atoms with Crippen LogP contribution in [0.15, 0.2) is 36.4 Å². The van der Waals surface area contributed by atoms with Gasteiger partial charge in [0.15, 0.2) is 17.6 Å². The van der Waals surface area contributed by atoms with E-state index in [9.17, 15) is 10.2 Å². The van der Waals surface area contributed by atoms with Crippen LogP contribution >= 0.6 is 0 Å². The van der Waals surface area contributed by atoms with Crippen LogP contribution in [0.4, 0.5) is 0 Å². The van der Waals surface area contributed by atoms with Gasteiger partial charge in [-0.2, -0.15) is 0 Å². The Hall–Kier alpha value is -2.25. The van der Waals surface area contributed by atoms with Crippen molar-refractivity contribution in [2.45, 2.75) is 55.3 Å². The fourth-order valence-electron chi connectivity index (χ4n) is 7.57. The number of ether oxygens (including phenoxy) is 1. The number of phenols is 1. The third-order valence-electron chi connectivity index (χ3n) is 9.07. The molecule has 2 aromatic carbocycles. The maximum Gasteiger partial charge on any atom is 0.166 e. The number of aromatic amines is 1. The van der Waals surface area contributed by atoms with Gasteiger partial charge in [0.2, 0.25) is 0 Å². The predicted octanol–water partition coefficient (Wildman–Crippen LogP) is -0.248. The molecule has 5 N–H and O–H groups in total. The van der Waals surface area contributed by atoms with Crippen LogP contribution in [0.2, 0.25) is 0 Å². The van der Waals surface area contributed by atoms with Crippen LogP contribution in [0.25, 0.3) is 10.9 Å². The van der Waals surface area contributed by atoms with Gasteiger partial charge in [0, 0.05) is 35.5 Å². The Bertz CT molecular complexity index is 1290. The number of phenolic OH excluding ortho intramolecular Hbond substituents is 1. The first-order valence-electron chi connectivity index (χ1n) is 11.7. The van der Waals surface area contributed by atoms with Gasteiger partial charge in [-0.1, -0.05) is 24.3 Å². The number of H-pyrrole nitrogens is 1. The summed E-state index contributed by atoms with van der Waals surface area (Å²) in [7, 11) is 0. The van der Waals surface area contributed by atoms with Gasteiger partial charge in [-0.3, -0.25) is 4.90 Å². The number of nitrogens with zero attached hydrogens (tertiary/aromatic N) is 1. The monoisotopic (exact) mass is 467 g/mol. The third kappa shape index (κ3) is 2.35. The number of fused-ring (bicyclic) bond motifs is 4. The summed E-state index contributed by atoms with van der Waals surface area (Å²) in [5, 5.41) is 24.6. The summed E-state index contributed by atoms with van der Waals surface area (Å²) in [6, 6.07) is 12.3. The summed E-state index contributed by atoms with van der Waals surface area (Å²) >= 11 is 0. The molecule has 8 rings (SSSR count). The second-order valence-corrected chi connectivity index (χ2v) is 10.5. The van der Waals surface area contributed by atoms with Crippen molar-refractivity contribution in [1.82, 2.24) is 9.88 Å². The van der Waals surface area contributed by atoms with E-state index in [-0.39, 0.29) is 35.8 Å². The van der Waals surface area contributed by atoms with Crippen LogP contribution in [0.1, 0.15) is 47.8 Å². The van der Waals surface area contributed by atoms with E-state index in [0.717, 1.165) is 48.6 Å². The Morgan fingerprint density at radius 3 is 2.79 bits per heavy atom. The Labute approximate surface area is 198 Å². The van der Waals surface area contributed by atoms with E-state index < -0.39 is 11.0 Å². The maximum absolute atomic E-state index is 12.7. The molecule has 174 valence electrons. The number of halogens is 1. The van der Waals surface area contributed by atoms with E-state index in [1.165, 1.54) is 29.4 Å². The summed E-state index contributed by atoms with van der Waals surface area (Å²) in [5.74, 6) is 1.58. The van der Waals surface area contributed by atoms with Crippen LogP contribution in [0.5, 0.6) is 11.5 Å². The number of para-hydroxylation sites is 1. The van der Waals surface area contributed by atoms with E-state index in [0.29, 0.717) is 12.2 Å². The average molecular weight is 468 g/mol. The molecule has 0 radical (unpaired) electrons. The number of nitrogens with one attached hydrogen (secondary N) is 1. The molecule has 3 aliphatic carbocycles. The van der Waals surface area contributed by atoms with Gasteiger partial charge < -0.3 is 37.8 Å². The van der Waals surface area contributed by atoms with Crippen molar-refractivity contribution in [2.24, 2.45) is 5.92 Å². The highest BCUT2D eigenvalue weighted by Gasteiger charge is 2.72. The largest absolute Gasteiger partial charge is 1.00 e. The molecule has 3 heterocycles. The van der Waals surface area contributed by atoms with E-state index in [4.69, 9.17) is 4.74 Å². The minimum absolute atomic E-state index is 0. The number of benzene rings is 2. The zero-order valence-electron chi connectivity index (χ0n) is 18.3. The number of aliphatic hydroxyl groups is 1. The number of aromatic hydroxyl groups is 1. The molecular weight excluding hydrogens is 440 g/mol. The summed E-state index contributed by atoms with van der Waals surface area (Å²) in [5.41, 5.74) is 4.27. The highest BCUT2D eigenvalue weighted by molar-refractivity contribution is 5.86. The van der Waals surface area contributed by atoms with Crippen LogP contribution < -0.4 is 17.1 Å². The first-order chi connectivity index (χ1) is 15.1. The van der Waals surface area contributed by atoms with Crippen molar-refractivity contribution in [2.75, 3.05) is 13.1 Å². The average Bonchev–Trinajstić information content (AvgIpc) is 3.40. The van der Waals surface area contributed by atoms with Gasteiger partial charge in [-0.05, 0) is 61.4 Å². The summed E-state index contributed by atoms with van der Waals surface area (Å²) in [4.78, 5) is 6.22. The molecule has 3 aromatic rings. The van der Waals surface area contributed by atoms with Crippen molar-refractivity contribution in [1.29, 1.82) is 0 Å². The molecule has 7 heteroatoms. The second-order valence-electron chi connectivity index (χ2n) is 10.5. The molecule has 1 spiro atoms. The molecule has 6 nitrogen and oxygen atoms in total. The lowest BCUT2D eigenvalue weighted by molar-refractivity contribution is -0.173. The molecule has 4 atom stereocenters. The van der Waals surface area contributed by atoms with E-state index in [2.05, 4.69) is 34.1 Å². The smallest absolute Gasteiger partial charge is 0.166 e. The molecular formula is C26H28ClN2O4-. The summed E-state index contributed by atoms with van der Waals surface area (Å²) in [6.07, 6.45) is 4.66. The number of piperidine rings is 1. The lowest BCUT2D eigenvalue weighted by Crippen LogP contribution is -3.00. The van der Waals surface area contributed by atoms with Crippen molar-refractivity contribution in [3.05, 3.63) is 58.8 Å². The predicted molar refractivity (Wildman–Crippen MR) is 120 cm³/mol. The van der Waals surface area contributed by atoms with Crippen LogP contribution in [-0.2, 0) is 18.3 Å². The van der Waals surface area contributed by atoms with Crippen LogP contribution in [0, 0.1) is 5.92 Å². The number of rotatable bonds is 2. The Morgan fingerprint density at radius 2 is 1.97 bits per heavy atom. The zero-order chi connectivity index (χ0) is 20.5. The molecule has 2 bridgehead atoms. The van der Waals surface area contributed by atoms with Gasteiger partial charge in [0.25, 0.3) is 0 Å². The molecule has 5 aliphatic rings. The topological polar surface area (TPSA) is 100 Å². The highest BCUT2D eigenvalue weighted by atomic mass is 35.5. The van der Waals surface area contributed by atoms with Crippen molar-refractivity contribution in [3.63, 3.8) is 0 Å². The lowest BCUT2D eigenvalue weighted by atomic mass is 9.49. The maximum atomic E-state index is 12.7. The van der Waals surface area contributed by atoms with Crippen LogP contribution in [0.3, 0.4) is 0 Å². The Kier molecular flexibility index (Phi) is 4.30. The van der Waals surface area contributed by atoms with Crippen molar-refractivity contribution >= 4 is 10.9 Å². The molecule has 2 aliphatic heterocycles. The van der Waals surface area contributed by atoms with Gasteiger partial charge in [0.05, 0.1) is 16.7 Å². The molecule has 33 heavy (non-hydrogen) atoms. The molecule has 1 saturated heterocycles. The highest BCUT2D eigenvalue weighted by Crippen LogP contribution is 2.69. The van der Waals surface area contributed by atoms with E-state index >= 15 is 0 Å². The fourth-order valence-corrected chi connectivity index (χ4v) is 7.57. The van der Waals surface area contributed by atoms with Gasteiger partial charge >= 0.3 is 0 Å². The zero-order valence-corrected chi connectivity index (χ0v) is 19.0. The molecule has 1 saturated carbocycles. The number of hydrogen-bond acceptors (Lipinski definition) is 4. The fraction of sp³-hybridized carbons (Fsp3) is 0.462. The normalized spacial score (nSPS) is 32.9. The molecule has 1 aromatic heterocycles. The quantitative estimate of drug-likeness (QED) is 0.484. The first-order valence-corrected chi connectivity index (χ1v) is 11.7. The Balaban J connectivity index is 0.00000103. The van der Waals surface area contributed by atoms with Gasteiger partial charge in [0.1, 0.15) is 0 Å². The molecule has 0 amide bonds. The van der Waals surface area contributed by atoms with Crippen molar-refractivity contribution in [3.8, 4) is 11.5 Å². The third-order valence-corrected chi connectivity index (χ3v) is 9.07. The number of aromatic nitrogens is 1. The SMILES string of the molecule is O.Oc1ccc2c3c1O[C@H]1c4[nH]c5ccccc5c4C[C@@]4(O)C(C2)N(CC2CC2)CC[C@]314.[Cl-]. The standard InChI is InChI=1S/C26H26N2O3.ClH.H2O/c29-19-8-7-15-11-20-26(30)12-17-16-3-1-2-4-18(16)27-22(17)24-25(26,21(15)23(19)31-24)9-10-28(20)13-14-5-6-14;;/h1-4,7-8,14,20,24,27,29-30H,5-6,9-13H2;1H;1H2/p-1/t20?,24-,25-,26+;;/m0../s1.